The number of rotatable bonds is 1. The lowest BCUT2D eigenvalue weighted by molar-refractivity contribution is 0.631. The van der Waals surface area contributed by atoms with Gasteiger partial charge in [0.05, 0.1) is 5.52 Å². The van der Waals surface area contributed by atoms with E-state index in [4.69, 9.17) is 0 Å². The van der Waals surface area contributed by atoms with Crippen molar-refractivity contribution in [2.75, 3.05) is 0 Å². The number of halogens is 1. The van der Waals surface area contributed by atoms with E-state index in [1.54, 1.807) is 18.3 Å². The van der Waals surface area contributed by atoms with Crippen molar-refractivity contribution in [3.63, 3.8) is 0 Å². The van der Waals surface area contributed by atoms with Gasteiger partial charge in [-0.3, -0.25) is 4.98 Å². The normalized spacial score (nSPS) is 10.6. The molecule has 0 amide bonds. The molecule has 3 rings (SSSR count). The Labute approximate surface area is 98.6 Å². The fraction of sp³-hybridized carbons (Fsp3) is 0. The molecule has 0 saturated heterocycles. The van der Waals surface area contributed by atoms with E-state index in [1.165, 1.54) is 6.07 Å². The number of pyridine rings is 1. The zero-order valence-corrected chi connectivity index (χ0v) is 9.10. The molecule has 3 aromatic rings. The Morgan fingerprint density at radius 3 is 2.65 bits per heavy atom. The maximum atomic E-state index is 13.7. The van der Waals surface area contributed by atoms with Gasteiger partial charge in [-0.2, -0.15) is 0 Å². The smallest absolute Gasteiger partial charge is 0.131 e. The van der Waals surface area contributed by atoms with E-state index >= 15 is 0 Å². The zero-order chi connectivity index (χ0) is 11.7. The minimum atomic E-state index is -0.198. The molecular formula is C15H10FN. The number of fused-ring (bicyclic) bond motifs is 1. The molecule has 1 aromatic heterocycles. The third-order valence-corrected chi connectivity index (χ3v) is 2.79. The van der Waals surface area contributed by atoms with Gasteiger partial charge in [-0.05, 0) is 29.8 Å². The van der Waals surface area contributed by atoms with Crippen LogP contribution in [0.1, 0.15) is 0 Å². The lowest BCUT2D eigenvalue weighted by atomic mass is 10.0. The quantitative estimate of drug-likeness (QED) is 0.606. The summed E-state index contributed by atoms with van der Waals surface area (Å²) in [5.74, 6) is -0.198. The Bertz CT molecular complexity index is 676. The fourth-order valence-corrected chi connectivity index (χ4v) is 1.94. The van der Waals surface area contributed by atoms with Gasteiger partial charge in [0.25, 0.3) is 0 Å². The Kier molecular flexibility index (Phi) is 2.33. The molecule has 82 valence electrons. The van der Waals surface area contributed by atoms with Crippen molar-refractivity contribution in [2.45, 2.75) is 0 Å². The second kappa shape index (κ2) is 3.98. The molecule has 0 unspecified atom stereocenters. The molecule has 0 atom stereocenters. The molecule has 0 radical (unpaired) electrons. The molecule has 0 bridgehead atoms. The molecule has 0 fully saturated rings. The highest BCUT2D eigenvalue weighted by Gasteiger charge is 2.04. The first-order chi connectivity index (χ1) is 8.34. The van der Waals surface area contributed by atoms with Crippen LogP contribution in [0.4, 0.5) is 4.39 Å². The molecule has 1 heterocycles. The predicted molar refractivity (Wildman–Crippen MR) is 67.1 cm³/mol. The summed E-state index contributed by atoms with van der Waals surface area (Å²) in [7, 11) is 0. The average Bonchev–Trinajstić information content (AvgIpc) is 2.39. The van der Waals surface area contributed by atoms with Gasteiger partial charge in [0.2, 0.25) is 0 Å². The van der Waals surface area contributed by atoms with Crippen LogP contribution in [0.15, 0.2) is 60.8 Å². The van der Waals surface area contributed by atoms with Gasteiger partial charge in [-0.15, -0.1) is 0 Å². The van der Waals surface area contributed by atoms with E-state index in [9.17, 15) is 4.39 Å². The monoisotopic (exact) mass is 223 g/mol. The Morgan fingerprint density at radius 1 is 0.882 bits per heavy atom. The molecular weight excluding hydrogens is 213 g/mol. The summed E-state index contributed by atoms with van der Waals surface area (Å²) in [6.07, 6.45) is 1.76. The summed E-state index contributed by atoms with van der Waals surface area (Å²) in [4.78, 5) is 4.24. The first kappa shape index (κ1) is 9.97. The number of hydrogen-bond donors (Lipinski definition) is 0. The van der Waals surface area contributed by atoms with Crippen LogP contribution in [0, 0.1) is 5.82 Å². The average molecular weight is 223 g/mol. The van der Waals surface area contributed by atoms with E-state index in [0.717, 1.165) is 16.5 Å². The first-order valence-electron chi connectivity index (χ1n) is 5.44. The maximum Gasteiger partial charge on any atom is 0.131 e. The van der Waals surface area contributed by atoms with Crippen molar-refractivity contribution in [1.82, 2.24) is 4.98 Å². The lowest BCUT2D eigenvalue weighted by Crippen LogP contribution is -1.84. The van der Waals surface area contributed by atoms with Gasteiger partial charge >= 0.3 is 0 Å². The minimum absolute atomic E-state index is 0.198. The number of benzene rings is 2. The van der Waals surface area contributed by atoms with E-state index in [2.05, 4.69) is 4.98 Å². The van der Waals surface area contributed by atoms with Crippen LogP contribution in [0.3, 0.4) is 0 Å². The molecule has 0 aliphatic heterocycles. The maximum absolute atomic E-state index is 13.7. The Hall–Kier alpha value is -2.22. The Morgan fingerprint density at radius 2 is 1.76 bits per heavy atom. The second-order valence-electron chi connectivity index (χ2n) is 3.89. The molecule has 1 nitrogen and oxygen atoms in total. The van der Waals surface area contributed by atoms with Gasteiger partial charge in [0, 0.05) is 17.1 Å². The fourth-order valence-electron chi connectivity index (χ4n) is 1.94. The molecule has 0 N–H and O–H groups in total. The highest BCUT2D eigenvalue weighted by molar-refractivity contribution is 5.84. The van der Waals surface area contributed by atoms with E-state index < -0.39 is 0 Å². The molecule has 0 spiro atoms. The second-order valence-corrected chi connectivity index (χ2v) is 3.89. The van der Waals surface area contributed by atoms with Gasteiger partial charge in [0.15, 0.2) is 0 Å². The molecule has 0 saturated carbocycles. The van der Waals surface area contributed by atoms with E-state index in [0.29, 0.717) is 5.56 Å². The van der Waals surface area contributed by atoms with Crippen LogP contribution >= 0.6 is 0 Å². The van der Waals surface area contributed by atoms with E-state index in [-0.39, 0.29) is 5.82 Å². The van der Waals surface area contributed by atoms with Crippen LogP contribution in [-0.4, -0.2) is 4.98 Å². The molecule has 2 aromatic carbocycles. The van der Waals surface area contributed by atoms with Crippen LogP contribution in [-0.2, 0) is 0 Å². The Balaban J connectivity index is 2.22. The molecule has 17 heavy (non-hydrogen) atoms. The topological polar surface area (TPSA) is 12.9 Å². The van der Waals surface area contributed by atoms with Gasteiger partial charge < -0.3 is 0 Å². The van der Waals surface area contributed by atoms with Crippen molar-refractivity contribution in [3.05, 3.63) is 66.6 Å². The van der Waals surface area contributed by atoms with Gasteiger partial charge in [-0.25, -0.2) is 4.39 Å². The van der Waals surface area contributed by atoms with Crippen LogP contribution in [0.2, 0.25) is 0 Å². The van der Waals surface area contributed by atoms with Crippen LogP contribution in [0.25, 0.3) is 22.0 Å². The van der Waals surface area contributed by atoms with Crippen molar-refractivity contribution >= 4 is 10.9 Å². The summed E-state index contributed by atoms with van der Waals surface area (Å²) in [6.45, 7) is 0. The van der Waals surface area contributed by atoms with Crippen LogP contribution < -0.4 is 0 Å². The predicted octanol–water partition coefficient (Wildman–Crippen LogP) is 4.04. The highest BCUT2D eigenvalue weighted by atomic mass is 19.1. The van der Waals surface area contributed by atoms with Crippen LogP contribution in [0.5, 0.6) is 0 Å². The largest absolute Gasteiger partial charge is 0.256 e. The first-order valence-corrected chi connectivity index (χ1v) is 5.44. The summed E-state index contributed by atoms with van der Waals surface area (Å²) >= 11 is 0. The standard InChI is InChI=1S/C15H10FN/c16-14-6-2-1-5-13(14)11-7-8-15-12(10-11)4-3-9-17-15/h1-10H. The summed E-state index contributed by atoms with van der Waals surface area (Å²) in [6, 6.07) is 16.4. The number of hydrogen-bond acceptors (Lipinski definition) is 1. The number of nitrogens with zero attached hydrogens (tertiary/aromatic N) is 1. The van der Waals surface area contributed by atoms with Crippen molar-refractivity contribution in [1.29, 1.82) is 0 Å². The third-order valence-electron chi connectivity index (χ3n) is 2.79. The highest BCUT2D eigenvalue weighted by Crippen LogP contribution is 2.25. The van der Waals surface area contributed by atoms with Crippen molar-refractivity contribution in [2.24, 2.45) is 0 Å². The zero-order valence-electron chi connectivity index (χ0n) is 9.10. The molecule has 0 aliphatic carbocycles. The lowest BCUT2D eigenvalue weighted by Gasteiger charge is -2.04. The summed E-state index contributed by atoms with van der Waals surface area (Å²) in [5, 5.41) is 1.02. The van der Waals surface area contributed by atoms with E-state index in [1.807, 2.05) is 36.4 Å². The van der Waals surface area contributed by atoms with Gasteiger partial charge in [0.1, 0.15) is 5.82 Å². The summed E-state index contributed by atoms with van der Waals surface area (Å²) in [5.41, 5.74) is 2.43. The third kappa shape index (κ3) is 1.78. The SMILES string of the molecule is Fc1ccccc1-c1ccc2ncccc2c1. The summed E-state index contributed by atoms with van der Waals surface area (Å²) < 4.78 is 13.7. The van der Waals surface area contributed by atoms with Crippen molar-refractivity contribution < 1.29 is 4.39 Å². The minimum Gasteiger partial charge on any atom is -0.256 e. The van der Waals surface area contributed by atoms with Crippen molar-refractivity contribution in [3.8, 4) is 11.1 Å². The molecule has 2 heteroatoms. The number of aromatic nitrogens is 1. The van der Waals surface area contributed by atoms with Gasteiger partial charge in [-0.1, -0.05) is 30.3 Å². The molecule has 0 aliphatic rings.